The van der Waals surface area contributed by atoms with E-state index in [2.05, 4.69) is 28.4 Å². The summed E-state index contributed by atoms with van der Waals surface area (Å²) in [6.45, 7) is 5.07. The van der Waals surface area contributed by atoms with Crippen molar-refractivity contribution in [2.45, 2.75) is 57.6 Å². The fourth-order valence-corrected chi connectivity index (χ4v) is 5.41. The number of rotatable bonds is 5. The lowest BCUT2D eigenvalue weighted by atomic mass is 9.66. The predicted molar refractivity (Wildman–Crippen MR) is 123 cm³/mol. The van der Waals surface area contributed by atoms with Crippen LogP contribution >= 0.6 is 0 Å². The van der Waals surface area contributed by atoms with Crippen LogP contribution in [-0.4, -0.2) is 41.7 Å². The van der Waals surface area contributed by atoms with E-state index in [9.17, 15) is 9.90 Å². The third-order valence-corrected chi connectivity index (χ3v) is 7.14. The summed E-state index contributed by atoms with van der Waals surface area (Å²) in [4.78, 5) is 15.3. The number of aryl methyl sites for hydroxylation is 2. The third kappa shape index (κ3) is 4.63. The molecule has 0 bridgehead atoms. The fourth-order valence-electron chi connectivity index (χ4n) is 5.41. The van der Waals surface area contributed by atoms with E-state index in [1.165, 1.54) is 0 Å². The molecule has 1 aliphatic heterocycles. The molecule has 1 aliphatic carbocycles. The van der Waals surface area contributed by atoms with Crippen molar-refractivity contribution >= 4 is 11.6 Å². The van der Waals surface area contributed by atoms with Crippen LogP contribution in [-0.2, 0) is 4.79 Å². The van der Waals surface area contributed by atoms with Crippen LogP contribution < -0.4 is 10.1 Å². The number of amides is 1. The molecule has 5 nitrogen and oxygen atoms in total. The number of carbonyl (C=O) groups is 1. The molecule has 2 aromatic carbocycles. The lowest BCUT2D eigenvalue weighted by Gasteiger charge is -2.52. The van der Waals surface area contributed by atoms with E-state index < -0.39 is 5.60 Å². The molecule has 2 aromatic rings. The van der Waals surface area contributed by atoms with Gasteiger partial charge in [-0.15, -0.1) is 0 Å². The first-order chi connectivity index (χ1) is 14.9. The number of nitrogens with zero attached hydrogens (tertiary/aromatic N) is 1. The highest BCUT2D eigenvalue weighted by Crippen LogP contribution is 2.49. The minimum Gasteiger partial charge on any atom is -0.497 e. The second-order valence-corrected chi connectivity index (χ2v) is 9.26. The number of hydrogen-bond acceptors (Lipinski definition) is 4. The standard InChI is InChI=1S/C26H34N2O3/c1-18-7-8-19(2)23(16-18)27-24(29)17-28-15-14-26(30)13-5-4-6-22(26)25(28)20-9-11-21(31-3)12-10-20/h7-12,16,22,25,30H,4-6,13-15,17H2,1-3H3,(H,27,29)/t22-,25+,26+/m1/s1. The van der Waals surface area contributed by atoms with E-state index in [1.807, 2.05) is 38.1 Å². The maximum absolute atomic E-state index is 13.0. The Morgan fingerprint density at radius 2 is 1.94 bits per heavy atom. The van der Waals surface area contributed by atoms with Gasteiger partial charge < -0.3 is 15.2 Å². The first-order valence-corrected chi connectivity index (χ1v) is 11.4. The Labute approximate surface area is 185 Å². The van der Waals surface area contributed by atoms with Crippen LogP contribution in [0.3, 0.4) is 0 Å². The number of piperidine rings is 1. The van der Waals surface area contributed by atoms with Crippen LogP contribution in [0.2, 0.25) is 0 Å². The quantitative estimate of drug-likeness (QED) is 0.738. The zero-order valence-corrected chi connectivity index (χ0v) is 18.9. The van der Waals surface area contributed by atoms with Crippen LogP contribution in [0.1, 0.15) is 54.8 Å². The maximum atomic E-state index is 13.0. The average Bonchev–Trinajstić information content (AvgIpc) is 2.76. The van der Waals surface area contributed by atoms with Crippen molar-refractivity contribution < 1.29 is 14.6 Å². The molecule has 4 rings (SSSR count). The number of methoxy groups -OCH3 is 1. The van der Waals surface area contributed by atoms with Gasteiger partial charge in [-0.2, -0.15) is 0 Å². The van der Waals surface area contributed by atoms with Crippen molar-refractivity contribution in [3.05, 3.63) is 59.2 Å². The van der Waals surface area contributed by atoms with Crippen LogP contribution in [0.15, 0.2) is 42.5 Å². The largest absolute Gasteiger partial charge is 0.497 e. The van der Waals surface area contributed by atoms with Gasteiger partial charge in [0.05, 0.1) is 19.3 Å². The van der Waals surface area contributed by atoms with Crippen LogP contribution in [0.25, 0.3) is 0 Å². The number of fused-ring (bicyclic) bond motifs is 1. The highest BCUT2D eigenvalue weighted by Gasteiger charge is 2.49. The Morgan fingerprint density at radius 3 is 2.68 bits per heavy atom. The van der Waals surface area contributed by atoms with Gasteiger partial charge >= 0.3 is 0 Å². The van der Waals surface area contributed by atoms with Crippen LogP contribution in [0, 0.1) is 19.8 Å². The fraction of sp³-hybridized carbons (Fsp3) is 0.500. The summed E-state index contributed by atoms with van der Waals surface area (Å²) in [5, 5.41) is 14.5. The summed E-state index contributed by atoms with van der Waals surface area (Å²) in [5.41, 5.74) is 3.57. The van der Waals surface area contributed by atoms with Crippen molar-refractivity contribution in [1.82, 2.24) is 4.90 Å². The van der Waals surface area contributed by atoms with Gasteiger partial charge in [-0.1, -0.05) is 37.1 Å². The number of ether oxygens (including phenoxy) is 1. The summed E-state index contributed by atoms with van der Waals surface area (Å²) in [6.07, 6.45) is 4.77. The SMILES string of the molecule is COc1ccc([C@H]2[C@H]3CCCC[C@]3(O)CCN2CC(=O)Nc2cc(C)ccc2C)cc1. The Balaban J connectivity index is 1.58. The summed E-state index contributed by atoms with van der Waals surface area (Å²) in [6, 6.07) is 14.2. The number of hydrogen-bond donors (Lipinski definition) is 2. The number of aliphatic hydroxyl groups is 1. The normalized spacial score (nSPS) is 26.2. The zero-order valence-electron chi connectivity index (χ0n) is 18.9. The minimum absolute atomic E-state index is 0.00605. The molecule has 3 atom stereocenters. The molecule has 1 saturated heterocycles. The molecule has 1 heterocycles. The number of nitrogens with one attached hydrogen (secondary N) is 1. The molecule has 2 aliphatic rings. The molecule has 0 unspecified atom stereocenters. The summed E-state index contributed by atoms with van der Waals surface area (Å²) in [5.74, 6) is 0.947. The van der Waals surface area contributed by atoms with Gasteiger partial charge in [0, 0.05) is 24.2 Å². The Kier molecular flexibility index (Phi) is 6.35. The van der Waals surface area contributed by atoms with Crippen molar-refractivity contribution in [3.63, 3.8) is 0 Å². The van der Waals surface area contributed by atoms with Gasteiger partial charge in [0.2, 0.25) is 5.91 Å². The van der Waals surface area contributed by atoms with E-state index >= 15 is 0 Å². The van der Waals surface area contributed by atoms with E-state index in [0.29, 0.717) is 13.1 Å². The van der Waals surface area contributed by atoms with Gasteiger partial charge in [0.25, 0.3) is 0 Å². The highest BCUT2D eigenvalue weighted by atomic mass is 16.5. The molecule has 31 heavy (non-hydrogen) atoms. The molecular formula is C26H34N2O3. The maximum Gasteiger partial charge on any atom is 0.238 e. The van der Waals surface area contributed by atoms with Gasteiger partial charge in [0.1, 0.15) is 5.75 Å². The van der Waals surface area contributed by atoms with Gasteiger partial charge in [-0.25, -0.2) is 0 Å². The molecule has 1 saturated carbocycles. The van der Waals surface area contributed by atoms with E-state index in [1.54, 1.807) is 7.11 Å². The number of anilines is 1. The molecule has 2 fully saturated rings. The second kappa shape index (κ2) is 9.01. The predicted octanol–water partition coefficient (Wildman–Crippen LogP) is 4.62. The van der Waals surface area contributed by atoms with Gasteiger partial charge in [-0.05, 0) is 68.0 Å². The van der Waals surface area contributed by atoms with Crippen molar-refractivity contribution in [3.8, 4) is 5.75 Å². The first kappa shape index (κ1) is 21.8. The first-order valence-electron chi connectivity index (χ1n) is 11.4. The third-order valence-electron chi connectivity index (χ3n) is 7.14. The lowest BCUT2D eigenvalue weighted by Crippen LogP contribution is -2.56. The highest BCUT2D eigenvalue weighted by molar-refractivity contribution is 5.93. The van der Waals surface area contributed by atoms with Crippen molar-refractivity contribution in [1.29, 1.82) is 0 Å². The summed E-state index contributed by atoms with van der Waals surface area (Å²) >= 11 is 0. The lowest BCUT2D eigenvalue weighted by molar-refractivity contribution is -0.135. The molecule has 0 radical (unpaired) electrons. The minimum atomic E-state index is -0.636. The van der Waals surface area contributed by atoms with Gasteiger partial charge in [-0.3, -0.25) is 9.69 Å². The molecule has 166 valence electrons. The van der Waals surface area contributed by atoms with Crippen LogP contribution in [0.5, 0.6) is 5.75 Å². The molecule has 0 aromatic heterocycles. The Hall–Kier alpha value is -2.37. The summed E-state index contributed by atoms with van der Waals surface area (Å²) in [7, 11) is 1.67. The smallest absolute Gasteiger partial charge is 0.238 e. The average molecular weight is 423 g/mol. The topological polar surface area (TPSA) is 61.8 Å². The zero-order chi connectivity index (χ0) is 22.0. The Bertz CT molecular complexity index is 927. The van der Waals surface area contributed by atoms with E-state index in [0.717, 1.165) is 60.2 Å². The number of carbonyl (C=O) groups excluding carboxylic acids is 1. The molecule has 1 amide bonds. The van der Waals surface area contributed by atoms with E-state index in [-0.39, 0.29) is 17.9 Å². The van der Waals surface area contributed by atoms with Crippen molar-refractivity contribution in [2.24, 2.45) is 5.92 Å². The Morgan fingerprint density at radius 1 is 1.16 bits per heavy atom. The van der Waals surface area contributed by atoms with Gasteiger partial charge in [0.15, 0.2) is 0 Å². The number of benzene rings is 2. The summed E-state index contributed by atoms with van der Waals surface area (Å²) < 4.78 is 5.33. The molecule has 5 heteroatoms. The molecule has 0 spiro atoms. The second-order valence-electron chi connectivity index (χ2n) is 9.26. The molecule has 2 N–H and O–H groups in total. The number of likely N-dealkylation sites (tertiary alicyclic amines) is 1. The van der Waals surface area contributed by atoms with E-state index in [4.69, 9.17) is 4.74 Å². The molecular weight excluding hydrogens is 388 g/mol. The monoisotopic (exact) mass is 422 g/mol. The van der Waals surface area contributed by atoms with Crippen molar-refractivity contribution in [2.75, 3.05) is 25.5 Å². The van der Waals surface area contributed by atoms with Crippen LogP contribution in [0.4, 0.5) is 5.69 Å².